The van der Waals surface area contributed by atoms with E-state index in [2.05, 4.69) is 20.8 Å². The van der Waals surface area contributed by atoms with Crippen LogP contribution in [0.25, 0.3) is 0 Å². The number of nitrogens with one attached hydrogen (secondary N) is 1. The van der Waals surface area contributed by atoms with E-state index >= 15 is 0 Å². The van der Waals surface area contributed by atoms with Crippen molar-refractivity contribution in [3.63, 3.8) is 0 Å². The topological polar surface area (TPSA) is 81.9 Å². The fraction of sp³-hybridized carbons (Fsp3) is 0.467. The van der Waals surface area contributed by atoms with Crippen LogP contribution in [0.4, 0.5) is 10.1 Å². The number of carbonyl (C=O) groups excluding carboxylic acids is 1. The van der Waals surface area contributed by atoms with Gasteiger partial charge in [-0.05, 0) is 48.4 Å². The molecule has 1 aliphatic rings. The molecule has 2 atom stereocenters. The molecule has 1 aliphatic heterocycles. The highest BCUT2D eigenvalue weighted by Gasteiger charge is 2.22. The summed E-state index contributed by atoms with van der Waals surface area (Å²) in [6.07, 6.45) is 2.09. The molecule has 1 aromatic heterocycles. The second kappa shape index (κ2) is 8.11. The fourth-order valence-electron chi connectivity index (χ4n) is 2.41. The highest BCUT2D eigenvalue weighted by Crippen LogP contribution is 2.24. The van der Waals surface area contributed by atoms with Gasteiger partial charge in [0.15, 0.2) is 0 Å². The number of aromatic nitrogens is 4. The van der Waals surface area contributed by atoms with Gasteiger partial charge in [-0.1, -0.05) is 23.4 Å². The van der Waals surface area contributed by atoms with Crippen LogP contribution in [0.5, 0.6) is 0 Å². The maximum atomic E-state index is 13.8. The summed E-state index contributed by atoms with van der Waals surface area (Å²) in [6.45, 7) is 3.01. The minimum absolute atomic E-state index is 0.0841. The summed E-state index contributed by atoms with van der Waals surface area (Å²) in [6, 6.07) is 4.09. The Morgan fingerprint density at radius 3 is 3.16 bits per heavy atom. The minimum Gasteiger partial charge on any atom is -0.376 e. The third-order valence-corrected chi connectivity index (χ3v) is 5.05. The highest BCUT2D eigenvalue weighted by atomic mass is 35.5. The predicted octanol–water partition coefficient (Wildman–Crippen LogP) is 2.76. The predicted molar refractivity (Wildman–Crippen MR) is 92.1 cm³/mol. The van der Waals surface area contributed by atoms with Gasteiger partial charge in [0.05, 0.1) is 23.6 Å². The monoisotopic (exact) mass is 385 g/mol. The quantitative estimate of drug-likeness (QED) is 0.770. The van der Waals surface area contributed by atoms with E-state index in [4.69, 9.17) is 16.3 Å². The first-order chi connectivity index (χ1) is 12.0. The number of halogens is 2. The minimum atomic E-state index is -0.582. The number of benzene rings is 1. The summed E-state index contributed by atoms with van der Waals surface area (Å²) in [5.41, 5.74) is 0.0841. The summed E-state index contributed by atoms with van der Waals surface area (Å²) in [5, 5.41) is 14.4. The molecule has 25 heavy (non-hydrogen) atoms. The number of hydrogen-bond donors (Lipinski definition) is 1. The van der Waals surface area contributed by atoms with Crippen LogP contribution in [0.2, 0.25) is 5.02 Å². The van der Waals surface area contributed by atoms with E-state index in [0.717, 1.165) is 25.5 Å². The molecule has 7 nitrogen and oxygen atoms in total. The summed E-state index contributed by atoms with van der Waals surface area (Å²) >= 11 is 6.91. The van der Waals surface area contributed by atoms with Gasteiger partial charge in [-0.2, -0.15) is 0 Å². The van der Waals surface area contributed by atoms with Crippen molar-refractivity contribution in [2.24, 2.45) is 0 Å². The van der Waals surface area contributed by atoms with Gasteiger partial charge in [-0.3, -0.25) is 4.79 Å². The van der Waals surface area contributed by atoms with Crippen LogP contribution in [0, 0.1) is 5.82 Å². The standard InChI is InChI=1S/C15H17ClFN5O2S/c1-9(14(23)18-13-5-4-10(16)7-12(13)17)25-15-19-20-21-22(15)8-11-3-2-6-24-11/h4-5,7,9,11H,2-3,6,8H2,1H3,(H,18,23). The number of rotatable bonds is 6. The molecular weight excluding hydrogens is 369 g/mol. The van der Waals surface area contributed by atoms with Gasteiger partial charge < -0.3 is 10.1 Å². The van der Waals surface area contributed by atoms with E-state index in [1.165, 1.54) is 23.9 Å². The fourth-order valence-corrected chi connectivity index (χ4v) is 3.37. The van der Waals surface area contributed by atoms with E-state index in [-0.39, 0.29) is 22.7 Å². The molecular formula is C15H17ClFN5O2S. The van der Waals surface area contributed by atoms with Gasteiger partial charge in [-0.25, -0.2) is 9.07 Å². The number of tetrazole rings is 1. The van der Waals surface area contributed by atoms with Gasteiger partial charge in [0.2, 0.25) is 11.1 Å². The van der Waals surface area contributed by atoms with Crippen LogP contribution in [0.3, 0.4) is 0 Å². The summed E-state index contributed by atoms with van der Waals surface area (Å²) in [5.74, 6) is -0.931. The Kier molecular flexibility index (Phi) is 5.87. The van der Waals surface area contributed by atoms with Gasteiger partial charge in [0, 0.05) is 11.6 Å². The van der Waals surface area contributed by atoms with E-state index in [0.29, 0.717) is 11.7 Å². The third-order valence-electron chi connectivity index (χ3n) is 3.74. The molecule has 10 heteroatoms. The number of hydrogen-bond acceptors (Lipinski definition) is 6. The van der Waals surface area contributed by atoms with Crippen LogP contribution < -0.4 is 5.32 Å². The van der Waals surface area contributed by atoms with Crippen LogP contribution in [0.15, 0.2) is 23.4 Å². The molecule has 0 aliphatic carbocycles. The van der Waals surface area contributed by atoms with Crippen molar-refractivity contribution >= 4 is 35.0 Å². The molecule has 1 amide bonds. The molecule has 2 heterocycles. The number of anilines is 1. The second-order valence-corrected chi connectivity index (χ2v) is 7.40. The van der Waals surface area contributed by atoms with Crippen LogP contribution in [0.1, 0.15) is 19.8 Å². The van der Waals surface area contributed by atoms with E-state index < -0.39 is 11.1 Å². The molecule has 3 rings (SSSR count). The lowest BCUT2D eigenvalue weighted by Crippen LogP contribution is -2.24. The third kappa shape index (κ3) is 4.68. The van der Waals surface area contributed by atoms with Crippen molar-refractivity contribution in [3.8, 4) is 0 Å². The molecule has 0 saturated carbocycles. The second-order valence-electron chi connectivity index (χ2n) is 5.65. The molecule has 2 aromatic rings. The van der Waals surface area contributed by atoms with Gasteiger partial charge in [0.1, 0.15) is 5.82 Å². The Hall–Kier alpha value is -1.71. The summed E-state index contributed by atoms with van der Waals surface area (Å²) < 4.78 is 21.0. The van der Waals surface area contributed by atoms with Crippen molar-refractivity contribution < 1.29 is 13.9 Å². The summed E-state index contributed by atoms with van der Waals surface area (Å²) in [4.78, 5) is 12.3. The largest absolute Gasteiger partial charge is 0.376 e. The molecule has 1 N–H and O–H groups in total. The Morgan fingerprint density at radius 1 is 1.60 bits per heavy atom. The van der Waals surface area contributed by atoms with Crippen LogP contribution >= 0.6 is 23.4 Å². The lowest BCUT2D eigenvalue weighted by molar-refractivity contribution is -0.115. The van der Waals surface area contributed by atoms with Gasteiger partial charge in [-0.15, -0.1) is 5.10 Å². The van der Waals surface area contributed by atoms with E-state index in [1.54, 1.807) is 11.6 Å². The number of ether oxygens (including phenoxy) is 1. The molecule has 1 saturated heterocycles. The zero-order chi connectivity index (χ0) is 17.8. The Balaban J connectivity index is 1.60. The average molecular weight is 386 g/mol. The van der Waals surface area contributed by atoms with Crippen molar-refractivity contribution in [1.29, 1.82) is 0 Å². The normalized spacial score (nSPS) is 18.3. The zero-order valence-corrected chi connectivity index (χ0v) is 15.1. The van der Waals surface area contributed by atoms with Crippen molar-refractivity contribution in [2.75, 3.05) is 11.9 Å². The summed E-state index contributed by atoms with van der Waals surface area (Å²) in [7, 11) is 0. The maximum absolute atomic E-state index is 13.8. The molecule has 1 fully saturated rings. The van der Waals surface area contributed by atoms with Crippen LogP contribution in [-0.2, 0) is 16.1 Å². The molecule has 1 aromatic carbocycles. The smallest absolute Gasteiger partial charge is 0.237 e. The van der Waals surface area contributed by atoms with Crippen molar-refractivity contribution in [3.05, 3.63) is 29.0 Å². The molecule has 0 bridgehead atoms. The first-order valence-electron chi connectivity index (χ1n) is 7.83. The maximum Gasteiger partial charge on any atom is 0.237 e. The first-order valence-corrected chi connectivity index (χ1v) is 9.09. The van der Waals surface area contributed by atoms with E-state index in [9.17, 15) is 9.18 Å². The zero-order valence-electron chi connectivity index (χ0n) is 13.5. The molecule has 0 spiro atoms. The number of nitrogens with zero attached hydrogens (tertiary/aromatic N) is 4. The Labute approximate surface area is 153 Å². The number of carbonyl (C=O) groups is 1. The van der Waals surface area contributed by atoms with Crippen LogP contribution in [-0.4, -0.2) is 44.1 Å². The first kappa shape index (κ1) is 18.1. The van der Waals surface area contributed by atoms with Crippen molar-refractivity contribution in [1.82, 2.24) is 20.2 Å². The van der Waals surface area contributed by atoms with Crippen molar-refractivity contribution in [2.45, 2.75) is 42.8 Å². The Morgan fingerprint density at radius 2 is 2.44 bits per heavy atom. The lowest BCUT2D eigenvalue weighted by Gasteiger charge is -2.13. The number of thioether (sulfide) groups is 1. The average Bonchev–Trinajstić information content (AvgIpc) is 3.23. The lowest BCUT2D eigenvalue weighted by atomic mass is 10.2. The van der Waals surface area contributed by atoms with E-state index in [1.807, 2.05) is 0 Å². The molecule has 0 radical (unpaired) electrons. The molecule has 134 valence electrons. The van der Waals surface area contributed by atoms with Gasteiger partial charge in [0.25, 0.3) is 0 Å². The van der Waals surface area contributed by atoms with Gasteiger partial charge >= 0.3 is 0 Å². The Bertz CT molecular complexity index is 753. The SMILES string of the molecule is CC(Sc1nnnn1CC1CCCO1)C(=O)Nc1ccc(Cl)cc1F. The number of amides is 1. The molecule has 2 unspecified atom stereocenters. The highest BCUT2D eigenvalue weighted by molar-refractivity contribution is 8.00.